The third kappa shape index (κ3) is 5.31. The number of hydrogen-bond donors (Lipinski definition) is 2. The summed E-state index contributed by atoms with van der Waals surface area (Å²) in [6.45, 7) is 3.56. The van der Waals surface area contributed by atoms with Gasteiger partial charge in [-0.3, -0.25) is 14.5 Å². The van der Waals surface area contributed by atoms with E-state index in [2.05, 4.69) is 12.2 Å². The molecule has 6 heteroatoms. The Labute approximate surface area is 137 Å². The number of carboxylic acid groups (broad SMARTS) is 1. The van der Waals surface area contributed by atoms with Crippen molar-refractivity contribution in [2.24, 2.45) is 5.92 Å². The molecule has 1 heterocycles. The van der Waals surface area contributed by atoms with Crippen LogP contribution < -0.4 is 5.32 Å². The lowest BCUT2D eigenvalue weighted by molar-refractivity contribution is -0.144. The Morgan fingerprint density at radius 3 is 2.86 bits per heavy atom. The van der Waals surface area contributed by atoms with Crippen LogP contribution in [0.25, 0.3) is 0 Å². The number of aliphatic carboxylic acids is 1. The van der Waals surface area contributed by atoms with E-state index in [4.69, 9.17) is 5.11 Å². The summed E-state index contributed by atoms with van der Waals surface area (Å²) in [4.78, 5) is 25.0. The van der Waals surface area contributed by atoms with Crippen LogP contribution in [0.5, 0.6) is 0 Å². The van der Waals surface area contributed by atoms with Crippen LogP contribution in [0.15, 0.2) is 24.3 Å². The fourth-order valence-corrected chi connectivity index (χ4v) is 2.67. The number of carboxylic acids is 1. The molecular weight excluding hydrogens is 304 g/mol. The van der Waals surface area contributed by atoms with E-state index in [9.17, 15) is 9.59 Å². The summed E-state index contributed by atoms with van der Waals surface area (Å²) in [7, 11) is 0. The number of hydrogen-bond acceptors (Lipinski definition) is 3. The molecular formula is C16H23ClN2O3. The molecule has 2 rings (SSSR count). The minimum Gasteiger partial charge on any atom is -0.481 e. The maximum atomic E-state index is 12.1. The number of benzene rings is 1. The van der Waals surface area contributed by atoms with Crippen LogP contribution in [0.2, 0.25) is 0 Å². The SMILES string of the molecule is CCc1cccc(NC(=O)CN2CCCC(C(=O)O)C2)c1.Cl. The highest BCUT2D eigenvalue weighted by molar-refractivity contribution is 5.92. The van der Waals surface area contributed by atoms with E-state index in [1.807, 2.05) is 29.2 Å². The number of nitrogens with one attached hydrogen (secondary N) is 1. The number of amides is 1. The van der Waals surface area contributed by atoms with Crippen molar-refractivity contribution >= 4 is 30.0 Å². The molecule has 1 amide bonds. The number of piperidine rings is 1. The third-order valence-corrected chi connectivity index (χ3v) is 3.84. The van der Waals surface area contributed by atoms with Crippen LogP contribution in [0.1, 0.15) is 25.3 Å². The monoisotopic (exact) mass is 326 g/mol. The van der Waals surface area contributed by atoms with Gasteiger partial charge in [-0.1, -0.05) is 19.1 Å². The van der Waals surface area contributed by atoms with Crippen LogP contribution in [0.4, 0.5) is 5.69 Å². The molecule has 122 valence electrons. The summed E-state index contributed by atoms with van der Waals surface area (Å²) in [6.07, 6.45) is 2.46. The van der Waals surface area contributed by atoms with Crippen molar-refractivity contribution in [3.63, 3.8) is 0 Å². The van der Waals surface area contributed by atoms with E-state index in [0.717, 1.165) is 25.1 Å². The fraction of sp³-hybridized carbons (Fsp3) is 0.500. The summed E-state index contributed by atoms with van der Waals surface area (Å²) in [5, 5.41) is 11.9. The molecule has 0 spiro atoms. The topological polar surface area (TPSA) is 69.6 Å². The lowest BCUT2D eigenvalue weighted by atomic mass is 9.98. The third-order valence-electron chi connectivity index (χ3n) is 3.84. The number of rotatable bonds is 5. The molecule has 0 radical (unpaired) electrons. The Hall–Kier alpha value is -1.59. The Balaban J connectivity index is 0.00000242. The Bertz CT molecular complexity index is 522. The van der Waals surface area contributed by atoms with Gasteiger partial charge in [0.05, 0.1) is 12.5 Å². The van der Waals surface area contributed by atoms with E-state index in [1.54, 1.807) is 0 Å². The second-order valence-corrected chi connectivity index (χ2v) is 5.51. The lowest BCUT2D eigenvalue weighted by Gasteiger charge is -2.29. The van der Waals surface area contributed by atoms with Gasteiger partial charge in [0.25, 0.3) is 0 Å². The first-order valence-electron chi connectivity index (χ1n) is 7.42. The van der Waals surface area contributed by atoms with Crippen LogP contribution in [-0.4, -0.2) is 41.5 Å². The van der Waals surface area contributed by atoms with Crippen molar-refractivity contribution in [2.45, 2.75) is 26.2 Å². The highest BCUT2D eigenvalue weighted by atomic mass is 35.5. The number of carbonyl (C=O) groups is 2. The standard InChI is InChI=1S/C16H22N2O3.ClH/c1-2-12-5-3-7-14(9-12)17-15(19)11-18-8-4-6-13(10-18)16(20)21;/h3,5,7,9,13H,2,4,6,8,10-11H2,1H3,(H,17,19)(H,20,21);1H. The second-order valence-electron chi connectivity index (χ2n) is 5.51. The number of likely N-dealkylation sites (tertiary alicyclic amines) is 1. The minimum atomic E-state index is -0.768. The number of anilines is 1. The van der Waals surface area contributed by atoms with Gasteiger partial charge in [0.15, 0.2) is 0 Å². The van der Waals surface area contributed by atoms with Crippen molar-refractivity contribution in [3.8, 4) is 0 Å². The normalized spacial score (nSPS) is 18.3. The van der Waals surface area contributed by atoms with Crippen molar-refractivity contribution < 1.29 is 14.7 Å². The molecule has 1 saturated heterocycles. The van der Waals surface area contributed by atoms with Crippen LogP contribution in [0.3, 0.4) is 0 Å². The first-order valence-corrected chi connectivity index (χ1v) is 7.42. The lowest BCUT2D eigenvalue weighted by Crippen LogP contribution is -2.42. The van der Waals surface area contributed by atoms with Gasteiger partial charge in [-0.2, -0.15) is 0 Å². The molecule has 1 aromatic carbocycles. The Morgan fingerprint density at radius 1 is 1.41 bits per heavy atom. The van der Waals surface area contributed by atoms with Crippen LogP contribution >= 0.6 is 12.4 Å². The second kappa shape index (κ2) is 8.76. The molecule has 0 aliphatic carbocycles. The number of aryl methyl sites for hydroxylation is 1. The predicted molar refractivity (Wildman–Crippen MR) is 88.5 cm³/mol. The molecule has 1 atom stereocenters. The molecule has 22 heavy (non-hydrogen) atoms. The Kier molecular flexibility index (Phi) is 7.35. The number of nitrogens with zero attached hydrogens (tertiary/aromatic N) is 1. The van der Waals surface area contributed by atoms with Crippen molar-refractivity contribution in [1.82, 2.24) is 4.90 Å². The number of carbonyl (C=O) groups excluding carboxylic acids is 1. The van der Waals surface area contributed by atoms with E-state index in [0.29, 0.717) is 13.0 Å². The van der Waals surface area contributed by atoms with Crippen molar-refractivity contribution in [3.05, 3.63) is 29.8 Å². The smallest absolute Gasteiger partial charge is 0.307 e. The minimum absolute atomic E-state index is 0. The maximum absolute atomic E-state index is 12.1. The van der Waals surface area contributed by atoms with Gasteiger partial charge in [0.1, 0.15) is 0 Å². The molecule has 1 aromatic rings. The van der Waals surface area contributed by atoms with Gasteiger partial charge in [-0.15, -0.1) is 12.4 Å². The van der Waals surface area contributed by atoms with Gasteiger partial charge >= 0.3 is 5.97 Å². The van der Waals surface area contributed by atoms with E-state index in [1.165, 1.54) is 5.56 Å². The van der Waals surface area contributed by atoms with Gasteiger partial charge in [-0.05, 0) is 43.5 Å². The van der Waals surface area contributed by atoms with Gasteiger partial charge in [-0.25, -0.2) is 0 Å². The quantitative estimate of drug-likeness (QED) is 0.871. The molecule has 5 nitrogen and oxygen atoms in total. The summed E-state index contributed by atoms with van der Waals surface area (Å²) >= 11 is 0. The highest BCUT2D eigenvalue weighted by Crippen LogP contribution is 2.17. The maximum Gasteiger partial charge on any atom is 0.307 e. The average Bonchev–Trinajstić information content (AvgIpc) is 2.47. The average molecular weight is 327 g/mol. The van der Waals surface area contributed by atoms with E-state index < -0.39 is 5.97 Å². The highest BCUT2D eigenvalue weighted by Gasteiger charge is 2.26. The van der Waals surface area contributed by atoms with Gasteiger partial charge in [0, 0.05) is 12.2 Å². The summed E-state index contributed by atoms with van der Waals surface area (Å²) < 4.78 is 0. The van der Waals surface area contributed by atoms with Gasteiger partial charge < -0.3 is 10.4 Å². The molecule has 0 aromatic heterocycles. The molecule has 1 aliphatic heterocycles. The molecule has 1 fully saturated rings. The van der Waals surface area contributed by atoms with Crippen molar-refractivity contribution in [1.29, 1.82) is 0 Å². The first-order chi connectivity index (χ1) is 10.1. The summed E-state index contributed by atoms with van der Waals surface area (Å²) in [5.41, 5.74) is 1.97. The zero-order valence-corrected chi connectivity index (χ0v) is 13.6. The van der Waals surface area contributed by atoms with Crippen LogP contribution in [-0.2, 0) is 16.0 Å². The van der Waals surface area contributed by atoms with Gasteiger partial charge in [0.2, 0.25) is 5.91 Å². The molecule has 0 bridgehead atoms. The fourth-order valence-electron chi connectivity index (χ4n) is 2.67. The molecule has 1 unspecified atom stereocenters. The van der Waals surface area contributed by atoms with E-state index >= 15 is 0 Å². The summed E-state index contributed by atoms with van der Waals surface area (Å²) in [5.74, 6) is -1.21. The van der Waals surface area contributed by atoms with E-state index in [-0.39, 0.29) is 30.8 Å². The van der Waals surface area contributed by atoms with Crippen molar-refractivity contribution in [2.75, 3.05) is 25.0 Å². The molecule has 2 N–H and O–H groups in total. The summed E-state index contributed by atoms with van der Waals surface area (Å²) in [6, 6.07) is 7.79. The molecule has 0 saturated carbocycles. The number of halogens is 1. The zero-order valence-electron chi connectivity index (χ0n) is 12.7. The predicted octanol–water partition coefficient (Wildman–Crippen LogP) is 2.41. The largest absolute Gasteiger partial charge is 0.481 e. The van der Waals surface area contributed by atoms with Crippen LogP contribution in [0, 0.1) is 5.92 Å². The zero-order chi connectivity index (χ0) is 15.2. The Morgan fingerprint density at radius 2 is 2.18 bits per heavy atom. The molecule has 1 aliphatic rings. The first kappa shape index (κ1) is 18.5.